The Bertz CT molecular complexity index is 136. The van der Waals surface area contributed by atoms with Crippen LogP contribution in [0.15, 0.2) is 10.2 Å². The molecule has 0 heterocycles. The summed E-state index contributed by atoms with van der Waals surface area (Å²) in [6.45, 7) is 6.26. The first-order valence-electron chi connectivity index (χ1n) is 6.59. The molecular formula is C13H32ClN3. The molecule has 0 aromatic heterocycles. The summed E-state index contributed by atoms with van der Waals surface area (Å²) in [6, 6.07) is 0. The Morgan fingerprint density at radius 1 is 0.706 bits per heavy atom. The SMILES string of the molecule is CCCCCCN=NCCCC.CN(C)C.Cl. The highest BCUT2D eigenvalue weighted by Gasteiger charge is 1.85. The Morgan fingerprint density at radius 3 is 1.53 bits per heavy atom. The van der Waals surface area contributed by atoms with Gasteiger partial charge in [0, 0.05) is 0 Å². The normalized spacial score (nSPS) is 10.0. The van der Waals surface area contributed by atoms with E-state index in [1.807, 2.05) is 26.0 Å². The summed E-state index contributed by atoms with van der Waals surface area (Å²) in [6.07, 6.45) is 7.55. The molecule has 0 aliphatic heterocycles. The van der Waals surface area contributed by atoms with Crippen molar-refractivity contribution in [2.45, 2.75) is 52.4 Å². The number of azo groups is 1. The van der Waals surface area contributed by atoms with Crippen molar-refractivity contribution in [1.82, 2.24) is 4.90 Å². The standard InChI is InChI=1S/C10H22N2.C3H9N.ClH/c1-3-5-7-8-10-12-11-9-6-4-2;1-4(2)3;/h3-10H2,1-2H3;1-3H3;1H. The lowest BCUT2D eigenvalue weighted by Crippen LogP contribution is -1.99. The van der Waals surface area contributed by atoms with Gasteiger partial charge in [0.25, 0.3) is 0 Å². The van der Waals surface area contributed by atoms with Crippen LogP contribution in [-0.4, -0.2) is 39.1 Å². The van der Waals surface area contributed by atoms with E-state index in [9.17, 15) is 0 Å². The van der Waals surface area contributed by atoms with Gasteiger partial charge in [0.05, 0.1) is 13.1 Å². The molecule has 0 saturated heterocycles. The van der Waals surface area contributed by atoms with Gasteiger partial charge in [-0.3, -0.25) is 0 Å². The minimum absolute atomic E-state index is 0. The zero-order valence-corrected chi connectivity index (χ0v) is 13.2. The van der Waals surface area contributed by atoms with Crippen LogP contribution in [0.2, 0.25) is 0 Å². The predicted molar refractivity (Wildman–Crippen MR) is 80.5 cm³/mol. The van der Waals surface area contributed by atoms with Crippen molar-refractivity contribution in [1.29, 1.82) is 0 Å². The van der Waals surface area contributed by atoms with Crippen LogP contribution in [0.25, 0.3) is 0 Å². The molecule has 0 N–H and O–H groups in total. The fraction of sp³-hybridized carbons (Fsp3) is 1.00. The number of nitrogens with zero attached hydrogens (tertiary/aromatic N) is 3. The van der Waals surface area contributed by atoms with E-state index in [-0.39, 0.29) is 12.4 Å². The smallest absolute Gasteiger partial charge is 0.0598 e. The van der Waals surface area contributed by atoms with Crippen molar-refractivity contribution in [3.05, 3.63) is 0 Å². The maximum Gasteiger partial charge on any atom is 0.0598 e. The van der Waals surface area contributed by atoms with Crippen molar-refractivity contribution >= 4 is 12.4 Å². The first-order chi connectivity index (χ1) is 7.65. The van der Waals surface area contributed by atoms with Crippen molar-refractivity contribution in [3.8, 4) is 0 Å². The van der Waals surface area contributed by atoms with Gasteiger partial charge in [0.2, 0.25) is 0 Å². The second-order valence-electron chi connectivity index (χ2n) is 4.49. The topological polar surface area (TPSA) is 28.0 Å². The lowest BCUT2D eigenvalue weighted by atomic mass is 10.2. The molecule has 0 aliphatic carbocycles. The van der Waals surface area contributed by atoms with Crippen LogP contribution < -0.4 is 0 Å². The summed E-state index contributed by atoms with van der Waals surface area (Å²) in [7, 11) is 6.00. The molecule has 0 radical (unpaired) electrons. The summed E-state index contributed by atoms with van der Waals surface area (Å²) in [5.74, 6) is 0. The lowest BCUT2D eigenvalue weighted by molar-refractivity contribution is 0.505. The molecule has 0 bridgehead atoms. The van der Waals surface area contributed by atoms with Crippen molar-refractivity contribution < 1.29 is 0 Å². The van der Waals surface area contributed by atoms with Crippen molar-refractivity contribution in [3.63, 3.8) is 0 Å². The highest BCUT2D eigenvalue weighted by molar-refractivity contribution is 5.85. The first-order valence-corrected chi connectivity index (χ1v) is 6.59. The van der Waals surface area contributed by atoms with Gasteiger partial charge >= 0.3 is 0 Å². The highest BCUT2D eigenvalue weighted by Crippen LogP contribution is 1.99. The number of unbranched alkanes of at least 4 members (excludes halogenated alkanes) is 4. The number of rotatable bonds is 8. The molecule has 0 atom stereocenters. The summed E-state index contributed by atoms with van der Waals surface area (Å²) in [5.41, 5.74) is 0. The summed E-state index contributed by atoms with van der Waals surface area (Å²) >= 11 is 0. The van der Waals surface area contributed by atoms with E-state index in [2.05, 4.69) is 24.1 Å². The molecule has 0 aromatic rings. The van der Waals surface area contributed by atoms with E-state index in [1.54, 1.807) is 0 Å². The lowest BCUT2D eigenvalue weighted by Gasteiger charge is -1.93. The van der Waals surface area contributed by atoms with Crippen LogP contribution in [0.4, 0.5) is 0 Å². The molecule has 0 fully saturated rings. The Labute approximate surface area is 114 Å². The Morgan fingerprint density at radius 2 is 1.12 bits per heavy atom. The molecule has 0 unspecified atom stereocenters. The van der Waals surface area contributed by atoms with E-state index in [0.29, 0.717) is 0 Å². The maximum absolute atomic E-state index is 4.11. The van der Waals surface area contributed by atoms with E-state index in [1.165, 1.54) is 38.5 Å². The van der Waals surface area contributed by atoms with Gasteiger partial charge in [-0.2, -0.15) is 10.2 Å². The van der Waals surface area contributed by atoms with Gasteiger partial charge in [-0.1, -0.05) is 39.5 Å². The van der Waals surface area contributed by atoms with Crippen molar-refractivity contribution in [2.75, 3.05) is 34.2 Å². The molecule has 17 heavy (non-hydrogen) atoms. The summed E-state index contributed by atoms with van der Waals surface area (Å²) in [4.78, 5) is 2.00. The third-order valence-corrected chi connectivity index (χ3v) is 1.82. The average Bonchev–Trinajstić information content (AvgIpc) is 2.21. The van der Waals surface area contributed by atoms with Gasteiger partial charge in [-0.15, -0.1) is 12.4 Å². The molecule has 106 valence electrons. The molecule has 0 spiro atoms. The first kappa shape index (κ1) is 22.1. The fourth-order valence-electron chi connectivity index (χ4n) is 0.980. The molecule has 4 heteroatoms. The Balaban J connectivity index is -0.000000340. The molecule has 0 aromatic carbocycles. The van der Waals surface area contributed by atoms with E-state index < -0.39 is 0 Å². The Hall–Kier alpha value is -0.150. The average molecular weight is 266 g/mol. The maximum atomic E-state index is 4.11. The predicted octanol–water partition coefficient (Wildman–Crippen LogP) is 4.42. The molecule has 0 rings (SSSR count). The number of hydrogen-bond donors (Lipinski definition) is 0. The van der Waals surface area contributed by atoms with Gasteiger partial charge in [0.15, 0.2) is 0 Å². The molecule has 0 amide bonds. The Kier molecular flexibility index (Phi) is 27.5. The molecule has 3 nitrogen and oxygen atoms in total. The monoisotopic (exact) mass is 265 g/mol. The molecular weight excluding hydrogens is 234 g/mol. The zero-order chi connectivity index (χ0) is 12.6. The van der Waals surface area contributed by atoms with Crippen molar-refractivity contribution in [2.24, 2.45) is 10.2 Å². The zero-order valence-electron chi connectivity index (χ0n) is 12.4. The molecule has 0 aliphatic rings. The second kappa shape index (κ2) is 21.2. The largest absolute Gasteiger partial charge is 0.312 e. The van der Waals surface area contributed by atoms with E-state index in [0.717, 1.165) is 13.1 Å². The van der Waals surface area contributed by atoms with Gasteiger partial charge in [0.1, 0.15) is 0 Å². The third kappa shape index (κ3) is 38.8. The summed E-state index contributed by atoms with van der Waals surface area (Å²) in [5, 5.41) is 8.19. The van der Waals surface area contributed by atoms with Gasteiger partial charge in [-0.25, -0.2) is 0 Å². The third-order valence-electron chi connectivity index (χ3n) is 1.82. The summed E-state index contributed by atoms with van der Waals surface area (Å²) < 4.78 is 0. The fourth-order valence-corrected chi connectivity index (χ4v) is 0.980. The quantitative estimate of drug-likeness (QED) is 0.472. The number of hydrogen-bond acceptors (Lipinski definition) is 3. The minimum atomic E-state index is 0. The van der Waals surface area contributed by atoms with Gasteiger partial charge in [-0.05, 0) is 34.0 Å². The van der Waals surface area contributed by atoms with Crippen LogP contribution in [-0.2, 0) is 0 Å². The minimum Gasteiger partial charge on any atom is -0.312 e. The van der Waals surface area contributed by atoms with E-state index >= 15 is 0 Å². The van der Waals surface area contributed by atoms with E-state index in [4.69, 9.17) is 0 Å². The van der Waals surface area contributed by atoms with Crippen LogP contribution in [0, 0.1) is 0 Å². The number of halogens is 1. The highest BCUT2D eigenvalue weighted by atomic mass is 35.5. The van der Waals surface area contributed by atoms with Gasteiger partial charge < -0.3 is 4.90 Å². The second-order valence-corrected chi connectivity index (χ2v) is 4.49. The van der Waals surface area contributed by atoms with Crippen LogP contribution >= 0.6 is 12.4 Å². The van der Waals surface area contributed by atoms with Crippen LogP contribution in [0.5, 0.6) is 0 Å². The van der Waals surface area contributed by atoms with Crippen LogP contribution in [0.3, 0.4) is 0 Å². The molecule has 0 saturated carbocycles. The van der Waals surface area contributed by atoms with Crippen LogP contribution in [0.1, 0.15) is 52.4 Å².